The predicted molar refractivity (Wildman–Crippen MR) is 67.8 cm³/mol. The van der Waals surface area contributed by atoms with Gasteiger partial charge in [0.1, 0.15) is 0 Å². The highest BCUT2D eigenvalue weighted by Crippen LogP contribution is 2.29. The van der Waals surface area contributed by atoms with Crippen LogP contribution in [0.2, 0.25) is 0 Å². The summed E-state index contributed by atoms with van der Waals surface area (Å²) >= 11 is 0. The van der Waals surface area contributed by atoms with Crippen molar-refractivity contribution in [3.05, 3.63) is 12.4 Å². The van der Waals surface area contributed by atoms with Crippen molar-refractivity contribution in [1.29, 1.82) is 0 Å². The molecule has 3 rings (SSSR count). The number of nitrogens with two attached hydrogens (primary N) is 1. The van der Waals surface area contributed by atoms with E-state index in [1.807, 2.05) is 0 Å². The normalized spacial score (nSPS) is 29.4. The van der Waals surface area contributed by atoms with Gasteiger partial charge in [0.25, 0.3) is 0 Å². The Morgan fingerprint density at radius 2 is 1.88 bits per heavy atom. The first kappa shape index (κ1) is 10.8. The van der Waals surface area contributed by atoms with Crippen molar-refractivity contribution >= 4 is 11.6 Å². The van der Waals surface area contributed by atoms with Crippen LogP contribution in [-0.4, -0.2) is 47.1 Å². The summed E-state index contributed by atoms with van der Waals surface area (Å²) in [6.45, 7) is 2.09. The molecule has 3 heterocycles. The summed E-state index contributed by atoms with van der Waals surface area (Å²) in [6, 6.07) is 1.41. The van der Waals surface area contributed by atoms with E-state index in [1.54, 1.807) is 12.4 Å². The van der Waals surface area contributed by atoms with Crippen LogP contribution in [0.4, 0.5) is 11.6 Å². The highest BCUT2D eigenvalue weighted by molar-refractivity contribution is 5.38. The summed E-state index contributed by atoms with van der Waals surface area (Å²) in [7, 11) is 2.25. The predicted octanol–water partition coefficient (Wildman–Crippen LogP) is 0.732. The van der Waals surface area contributed by atoms with Gasteiger partial charge in [0.2, 0.25) is 5.95 Å². The van der Waals surface area contributed by atoms with Crippen molar-refractivity contribution in [2.24, 2.45) is 0 Å². The van der Waals surface area contributed by atoms with Crippen LogP contribution in [0.15, 0.2) is 12.4 Å². The molecule has 2 bridgehead atoms. The molecule has 2 fully saturated rings. The Morgan fingerprint density at radius 3 is 2.65 bits per heavy atom. The van der Waals surface area contributed by atoms with Crippen molar-refractivity contribution in [2.75, 3.05) is 30.8 Å². The fourth-order valence-electron chi connectivity index (χ4n) is 2.98. The maximum Gasteiger partial charge on any atom is 0.225 e. The lowest BCUT2D eigenvalue weighted by atomic mass is 10.1. The van der Waals surface area contributed by atoms with E-state index in [9.17, 15) is 0 Å². The largest absolute Gasteiger partial charge is 0.396 e. The second kappa shape index (κ2) is 4.14. The molecule has 1 aromatic heterocycles. The molecule has 5 heteroatoms. The first-order valence-electron chi connectivity index (χ1n) is 6.28. The van der Waals surface area contributed by atoms with Crippen LogP contribution < -0.4 is 10.6 Å². The molecule has 0 radical (unpaired) electrons. The smallest absolute Gasteiger partial charge is 0.225 e. The van der Waals surface area contributed by atoms with Gasteiger partial charge in [0.15, 0.2) is 0 Å². The Labute approximate surface area is 102 Å². The minimum absolute atomic E-state index is 0.627. The number of nitrogen functional groups attached to an aromatic ring is 1. The van der Waals surface area contributed by atoms with Gasteiger partial charge in [-0.05, 0) is 26.3 Å². The molecule has 2 unspecified atom stereocenters. The second-order valence-electron chi connectivity index (χ2n) is 5.10. The molecule has 2 aliphatic rings. The Morgan fingerprint density at radius 1 is 1.18 bits per heavy atom. The van der Waals surface area contributed by atoms with Crippen molar-refractivity contribution in [3.63, 3.8) is 0 Å². The molecule has 0 aromatic carbocycles. The number of likely N-dealkylation sites (N-methyl/N-ethyl adjacent to an activating group) is 1. The van der Waals surface area contributed by atoms with Crippen LogP contribution in [0.5, 0.6) is 0 Å². The number of nitrogens with zero attached hydrogens (tertiary/aromatic N) is 4. The highest BCUT2D eigenvalue weighted by Gasteiger charge is 2.35. The van der Waals surface area contributed by atoms with Crippen molar-refractivity contribution in [3.8, 4) is 0 Å². The van der Waals surface area contributed by atoms with E-state index in [1.165, 1.54) is 19.3 Å². The molecule has 2 N–H and O–H groups in total. The molecule has 0 aliphatic carbocycles. The fourth-order valence-corrected chi connectivity index (χ4v) is 2.98. The van der Waals surface area contributed by atoms with Crippen molar-refractivity contribution in [1.82, 2.24) is 14.9 Å². The van der Waals surface area contributed by atoms with Crippen LogP contribution in [-0.2, 0) is 0 Å². The zero-order chi connectivity index (χ0) is 11.8. The van der Waals surface area contributed by atoms with Crippen LogP contribution in [0.3, 0.4) is 0 Å². The summed E-state index contributed by atoms with van der Waals surface area (Å²) in [5.41, 5.74) is 6.24. The van der Waals surface area contributed by atoms with Crippen molar-refractivity contribution < 1.29 is 0 Å². The third-order valence-corrected chi connectivity index (χ3v) is 4.09. The second-order valence-corrected chi connectivity index (χ2v) is 5.10. The van der Waals surface area contributed by atoms with Gasteiger partial charge in [0.05, 0.1) is 18.1 Å². The van der Waals surface area contributed by atoms with Crippen LogP contribution in [0.25, 0.3) is 0 Å². The lowest BCUT2D eigenvalue weighted by molar-refractivity contribution is 0.254. The molecule has 0 spiro atoms. The lowest BCUT2D eigenvalue weighted by Gasteiger charge is -2.25. The molecule has 2 saturated heterocycles. The lowest BCUT2D eigenvalue weighted by Crippen LogP contribution is -2.37. The summed E-state index contributed by atoms with van der Waals surface area (Å²) in [5, 5.41) is 0. The molecule has 2 aliphatic heterocycles. The van der Waals surface area contributed by atoms with Gasteiger partial charge >= 0.3 is 0 Å². The average Bonchev–Trinajstić information content (AvgIpc) is 2.55. The maximum atomic E-state index is 5.62. The Kier molecular flexibility index (Phi) is 2.63. The molecule has 0 saturated carbocycles. The number of hydrogen-bond donors (Lipinski definition) is 1. The van der Waals surface area contributed by atoms with E-state index in [0.717, 1.165) is 25.1 Å². The van der Waals surface area contributed by atoms with E-state index < -0.39 is 0 Å². The molecule has 0 amide bonds. The van der Waals surface area contributed by atoms with Gasteiger partial charge in [-0.1, -0.05) is 0 Å². The van der Waals surface area contributed by atoms with Crippen LogP contribution in [0, 0.1) is 0 Å². The number of anilines is 2. The van der Waals surface area contributed by atoms with Gasteiger partial charge < -0.3 is 10.6 Å². The Bertz CT molecular complexity index is 390. The first-order chi connectivity index (χ1) is 8.24. The van der Waals surface area contributed by atoms with Gasteiger partial charge in [-0.2, -0.15) is 0 Å². The van der Waals surface area contributed by atoms with Gasteiger partial charge in [-0.15, -0.1) is 0 Å². The minimum atomic E-state index is 0.627. The van der Waals surface area contributed by atoms with Crippen LogP contribution in [0.1, 0.15) is 19.3 Å². The van der Waals surface area contributed by atoms with Crippen LogP contribution >= 0.6 is 0 Å². The third kappa shape index (κ3) is 1.95. The minimum Gasteiger partial charge on any atom is -0.396 e. The molecule has 92 valence electrons. The fraction of sp³-hybridized carbons (Fsp3) is 0.667. The van der Waals surface area contributed by atoms with Gasteiger partial charge in [0, 0.05) is 25.2 Å². The Balaban J connectivity index is 1.79. The quantitative estimate of drug-likeness (QED) is 0.775. The molecule has 5 nitrogen and oxygen atoms in total. The summed E-state index contributed by atoms with van der Waals surface area (Å²) in [4.78, 5) is 13.5. The monoisotopic (exact) mass is 233 g/mol. The van der Waals surface area contributed by atoms with Gasteiger partial charge in [-0.3, -0.25) is 4.90 Å². The zero-order valence-electron chi connectivity index (χ0n) is 10.2. The summed E-state index contributed by atoms with van der Waals surface area (Å²) in [5.74, 6) is 0.820. The maximum absolute atomic E-state index is 5.62. The summed E-state index contributed by atoms with van der Waals surface area (Å²) in [6.07, 6.45) is 7.23. The number of rotatable bonds is 1. The number of hydrogen-bond acceptors (Lipinski definition) is 5. The number of aromatic nitrogens is 2. The SMILES string of the molecule is CN1C2CCC1CN(c1ncc(N)cn1)CC2. The summed E-state index contributed by atoms with van der Waals surface area (Å²) < 4.78 is 0. The van der Waals surface area contributed by atoms with Gasteiger partial charge in [-0.25, -0.2) is 9.97 Å². The molecular weight excluding hydrogens is 214 g/mol. The molecular formula is C12H19N5. The number of fused-ring (bicyclic) bond motifs is 2. The van der Waals surface area contributed by atoms with E-state index >= 15 is 0 Å². The van der Waals surface area contributed by atoms with Crippen molar-refractivity contribution in [2.45, 2.75) is 31.3 Å². The molecule has 1 aromatic rings. The highest BCUT2D eigenvalue weighted by atomic mass is 15.3. The average molecular weight is 233 g/mol. The third-order valence-electron chi connectivity index (χ3n) is 4.09. The van der Waals surface area contributed by atoms with E-state index in [-0.39, 0.29) is 0 Å². The van der Waals surface area contributed by atoms with E-state index in [2.05, 4.69) is 26.8 Å². The zero-order valence-corrected chi connectivity index (χ0v) is 10.2. The van der Waals surface area contributed by atoms with E-state index in [0.29, 0.717) is 11.7 Å². The first-order valence-corrected chi connectivity index (χ1v) is 6.28. The Hall–Kier alpha value is -1.36. The topological polar surface area (TPSA) is 58.3 Å². The van der Waals surface area contributed by atoms with E-state index in [4.69, 9.17) is 5.73 Å². The molecule has 17 heavy (non-hydrogen) atoms. The standard InChI is InChI=1S/C12H19N5/c1-16-10-2-3-11(16)8-17(5-4-10)12-14-6-9(13)7-15-12/h6-7,10-11H,2-5,8,13H2,1H3. The molecule has 2 atom stereocenters.